The van der Waals surface area contributed by atoms with Gasteiger partial charge in [0.05, 0.1) is 12.2 Å². The first-order valence-electron chi connectivity index (χ1n) is 7.16. The van der Waals surface area contributed by atoms with Gasteiger partial charge in [-0.3, -0.25) is 9.48 Å². The van der Waals surface area contributed by atoms with E-state index in [1.165, 1.54) is 0 Å². The fraction of sp³-hybridized carbons (Fsp3) is 0.375. The lowest BCUT2D eigenvalue weighted by Crippen LogP contribution is -2.28. The van der Waals surface area contributed by atoms with Crippen LogP contribution in [0.1, 0.15) is 28.9 Å². The summed E-state index contributed by atoms with van der Waals surface area (Å²) in [7, 11) is 0. The molecule has 1 amide bonds. The van der Waals surface area contributed by atoms with Crippen LogP contribution in [0, 0.1) is 13.8 Å². The van der Waals surface area contributed by atoms with Crippen molar-refractivity contribution in [2.24, 2.45) is 0 Å². The first-order chi connectivity index (χ1) is 10.8. The molecule has 23 heavy (non-hydrogen) atoms. The maximum Gasteiger partial charge on any atom is 0.397 e. The fourth-order valence-electron chi connectivity index (χ4n) is 2.33. The van der Waals surface area contributed by atoms with E-state index in [2.05, 4.69) is 10.4 Å². The van der Waals surface area contributed by atoms with Crippen molar-refractivity contribution in [1.82, 2.24) is 15.1 Å². The quantitative estimate of drug-likeness (QED) is 0.918. The second kappa shape index (κ2) is 6.85. The predicted octanol–water partition coefficient (Wildman–Crippen LogP) is 3.12. The van der Waals surface area contributed by atoms with Gasteiger partial charge in [0.15, 0.2) is 0 Å². The molecule has 0 saturated carbocycles. The topological polar surface area (TPSA) is 46.9 Å². The summed E-state index contributed by atoms with van der Waals surface area (Å²) < 4.78 is 38.3. The van der Waals surface area contributed by atoms with Crippen LogP contribution in [0.3, 0.4) is 0 Å². The molecule has 0 aliphatic carbocycles. The maximum atomic E-state index is 12.2. The Bertz CT molecular complexity index is 678. The highest BCUT2D eigenvalue weighted by Gasteiger charge is 2.31. The number of rotatable bonds is 5. The number of aromatic nitrogens is 2. The SMILES string of the molecule is Cc1nn(Cc2ccccc2)c(C)c1CNC(=O)CC(F)(F)F. The first-order valence-corrected chi connectivity index (χ1v) is 7.16. The molecule has 1 N–H and O–H groups in total. The van der Waals surface area contributed by atoms with E-state index in [4.69, 9.17) is 0 Å². The number of carbonyl (C=O) groups excluding carboxylic acids is 1. The van der Waals surface area contributed by atoms with Crippen LogP contribution < -0.4 is 5.32 Å². The molecule has 0 fully saturated rings. The Kier molecular flexibility index (Phi) is 5.08. The van der Waals surface area contributed by atoms with Crippen molar-refractivity contribution in [1.29, 1.82) is 0 Å². The van der Waals surface area contributed by atoms with Crippen LogP contribution in [0.15, 0.2) is 30.3 Å². The van der Waals surface area contributed by atoms with Crippen molar-refractivity contribution in [2.75, 3.05) is 0 Å². The van der Waals surface area contributed by atoms with Crippen molar-refractivity contribution >= 4 is 5.91 Å². The number of carbonyl (C=O) groups is 1. The molecule has 7 heteroatoms. The average Bonchev–Trinajstić information content (AvgIpc) is 2.71. The number of hydrogen-bond donors (Lipinski definition) is 1. The largest absolute Gasteiger partial charge is 0.397 e. The Hall–Kier alpha value is -2.31. The van der Waals surface area contributed by atoms with E-state index in [0.29, 0.717) is 12.2 Å². The Morgan fingerprint density at radius 1 is 1.22 bits per heavy atom. The van der Waals surface area contributed by atoms with Crippen LogP contribution in [0.25, 0.3) is 0 Å². The third-order valence-electron chi connectivity index (χ3n) is 3.53. The molecule has 0 bridgehead atoms. The number of halogens is 3. The molecule has 0 unspecified atom stereocenters. The highest BCUT2D eigenvalue weighted by Crippen LogP contribution is 2.19. The summed E-state index contributed by atoms with van der Waals surface area (Å²) in [5.74, 6) is -1.04. The van der Waals surface area contributed by atoms with Gasteiger partial charge in [0.1, 0.15) is 6.42 Å². The molecule has 1 aromatic carbocycles. The molecule has 0 aliphatic heterocycles. The highest BCUT2D eigenvalue weighted by atomic mass is 19.4. The number of aryl methyl sites for hydroxylation is 1. The molecule has 2 aromatic rings. The maximum absolute atomic E-state index is 12.2. The minimum Gasteiger partial charge on any atom is -0.352 e. The van der Waals surface area contributed by atoms with Gasteiger partial charge in [-0.05, 0) is 19.4 Å². The van der Waals surface area contributed by atoms with Gasteiger partial charge in [-0.1, -0.05) is 30.3 Å². The zero-order valence-corrected chi connectivity index (χ0v) is 12.9. The monoisotopic (exact) mass is 325 g/mol. The van der Waals surface area contributed by atoms with Crippen LogP contribution in [0.4, 0.5) is 13.2 Å². The van der Waals surface area contributed by atoms with Gasteiger partial charge in [-0.25, -0.2) is 0 Å². The van der Waals surface area contributed by atoms with Gasteiger partial charge in [-0.2, -0.15) is 18.3 Å². The van der Waals surface area contributed by atoms with Gasteiger partial charge in [0.25, 0.3) is 0 Å². The molecule has 1 heterocycles. The van der Waals surface area contributed by atoms with E-state index in [9.17, 15) is 18.0 Å². The van der Waals surface area contributed by atoms with E-state index < -0.39 is 18.5 Å². The molecule has 0 radical (unpaired) electrons. The van der Waals surface area contributed by atoms with Gasteiger partial charge in [-0.15, -0.1) is 0 Å². The summed E-state index contributed by atoms with van der Waals surface area (Å²) in [6, 6.07) is 9.73. The lowest BCUT2D eigenvalue weighted by molar-refractivity contribution is -0.153. The molecule has 1 aromatic heterocycles. The first kappa shape index (κ1) is 17.1. The average molecular weight is 325 g/mol. The summed E-state index contributed by atoms with van der Waals surface area (Å²) >= 11 is 0. The number of alkyl halides is 3. The van der Waals surface area contributed by atoms with Crippen molar-refractivity contribution in [3.8, 4) is 0 Å². The lowest BCUT2D eigenvalue weighted by Gasteiger charge is -2.09. The van der Waals surface area contributed by atoms with E-state index in [-0.39, 0.29) is 6.54 Å². The van der Waals surface area contributed by atoms with E-state index >= 15 is 0 Å². The Morgan fingerprint density at radius 2 is 1.87 bits per heavy atom. The number of hydrogen-bond acceptors (Lipinski definition) is 2. The van der Waals surface area contributed by atoms with Crippen LogP contribution in [-0.2, 0) is 17.9 Å². The molecular weight excluding hydrogens is 307 g/mol. The number of nitrogens with zero attached hydrogens (tertiary/aromatic N) is 2. The van der Waals surface area contributed by atoms with Gasteiger partial charge in [0, 0.05) is 17.8 Å². The van der Waals surface area contributed by atoms with Crippen molar-refractivity contribution in [3.63, 3.8) is 0 Å². The van der Waals surface area contributed by atoms with Gasteiger partial charge >= 0.3 is 6.18 Å². The highest BCUT2D eigenvalue weighted by molar-refractivity contribution is 5.76. The molecule has 4 nitrogen and oxygen atoms in total. The Labute approximate surface area is 132 Å². The second-order valence-corrected chi connectivity index (χ2v) is 5.36. The summed E-state index contributed by atoms with van der Waals surface area (Å²) in [6.07, 6.45) is -5.96. The summed E-state index contributed by atoms with van der Waals surface area (Å²) in [5, 5.41) is 6.70. The van der Waals surface area contributed by atoms with E-state index in [1.54, 1.807) is 11.6 Å². The molecule has 0 spiro atoms. The third-order valence-corrected chi connectivity index (χ3v) is 3.53. The van der Waals surface area contributed by atoms with Crippen LogP contribution in [0.5, 0.6) is 0 Å². The van der Waals surface area contributed by atoms with Crippen molar-refractivity contribution in [2.45, 2.75) is 39.5 Å². The molecule has 124 valence electrons. The number of nitrogens with one attached hydrogen (secondary N) is 1. The summed E-state index contributed by atoms with van der Waals surface area (Å²) in [6.45, 7) is 4.24. The number of amides is 1. The summed E-state index contributed by atoms with van der Waals surface area (Å²) in [5.41, 5.74) is 3.35. The third kappa shape index (κ3) is 4.84. The second-order valence-electron chi connectivity index (χ2n) is 5.36. The molecule has 0 aliphatic rings. The standard InChI is InChI=1S/C16H18F3N3O/c1-11-14(9-20-15(23)8-16(17,18)19)12(2)22(21-11)10-13-6-4-3-5-7-13/h3-7H,8-10H2,1-2H3,(H,20,23). The van der Waals surface area contributed by atoms with Crippen LogP contribution in [-0.4, -0.2) is 21.9 Å². The zero-order valence-electron chi connectivity index (χ0n) is 12.9. The molecule has 0 saturated heterocycles. The normalized spacial score (nSPS) is 11.5. The minimum atomic E-state index is -4.49. The van der Waals surface area contributed by atoms with Crippen molar-refractivity contribution < 1.29 is 18.0 Å². The van der Waals surface area contributed by atoms with Crippen LogP contribution in [0.2, 0.25) is 0 Å². The number of benzene rings is 1. The van der Waals surface area contributed by atoms with Crippen LogP contribution >= 0.6 is 0 Å². The Morgan fingerprint density at radius 3 is 2.48 bits per heavy atom. The molecule has 0 atom stereocenters. The minimum absolute atomic E-state index is 0.0430. The van der Waals surface area contributed by atoms with Crippen molar-refractivity contribution in [3.05, 3.63) is 52.8 Å². The fourth-order valence-corrected chi connectivity index (χ4v) is 2.33. The van der Waals surface area contributed by atoms with Gasteiger partial charge < -0.3 is 5.32 Å². The molecule has 2 rings (SSSR count). The van der Waals surface area contributed by atoms with Gasteiger partial charge in [0.2, 0.25) is 5.91 Å². The smallest absolute Gasteiger partial charge is 0.352 e. The lowest BCUT2D eigenvalue weighted by atomic mass is 10.2. The Balaban J connectivity index is 2.05. The molecular formula is C16H18F3N3O. The summed E-state index contributed by atoms with van der Waals surface area (Å²) in [4.78, 5) is 11.3. The zero-order chi connectivity index (χ0) is 17.0. The van der Waals surface area contributed by atoms with E-state index in [0.717, 1.165) is 16.8 Å². The van der Waals surface area contributed by atoms with E-state index in [1.807, 2.05) is 37.3 Å². The predicted molar refractivity (Wildman–Crippen MR) is 79.8 cm³/mol.